The number of ether oxygens (including phenoxy) is 6. The zero-order valence-electron chi connectivity index (χ0n) is 23.5. The predicted molar refractivity (Wildman–Crippen MR) is 140 cm³/mol. The van der Waals surface area contributed by atoms with Crippen molar-refractivity contribution in [3.63, 3.8) is 0 Å². The molecule has 0 aromatic rings. The molecule has 0 amide bonds. The van der Waals surface area contributed by atoms with Crippen molar-refractivity contribution in [2.45, 2.75) is 71.0 Å². The molecule has 0 bridgehead atoms. The van der Waals surface area contributed by atoms with Crippen LogP contribution in [0.5, 0.6) is 0 Å². The third-order valence-electron chi connectivity index (χ3n) is 4.02. The number of hydrogen-bond acceptors (Lipinski definition) is 16. The molecule has 0 aromatic heterocycles. The van der Waals surface area contributed by atoms with Crippen LogP contribution >= 0.6 is 0 Å². The number of aliphatic hydroxyl groups excluding tert-OH is 5. The molecule has 5 atom stereocenters. The van der Waals surface area contributed by atoms with Crippen LogP contribution in [0.15, 0.2) is 0 Å². The number of hydrogen-bond donors (Lipinski definition) is 8. The lowest BCUT2D eigenvalue weighted by Gasteiger charge is -2.08. The van der Waals surface area contributed by atoms with Crippen molar-refractivity contribution in [1.29, 1.82) is 0 Å². The number of carbonyl (C=O) groups is 4. The van der Waals surface area contributed by atoms with Gasteiger partial charge in [0, 0.05) is 14.2 Å². The fourth-order valence-corrected chi connectivity index (χ4v) is 1.72. The second kappa shape index (κ2) is 32.0. The maximum atomic E-state index is 10.8. The van der Waals surface area contributed by atoms with Crippen LogP contribution in [0.4, 0.5) is 0 Å². The summed E-state index contributed by atoms with van der Waals surface area (Å²) in [6.07, 6.45) is -2.12. The largest absolute Gasteiger partial charge is 0.480 e. The first-order chi connectivity index (χ1) is 18.7. The summed E-state index contributed by atoms with van der Waals surface area (Å²) in [6, 6.07) is -1.13. The Bertz CT molecular complexity index is 622. The van der Waals surface area contributed by atoms with E-state index >= 15 is 0 Å². The molecule has 0 radical (unpaired) electrons. The highest BCUT2D eigenvalue weighted by atomic mass is 16.7. The minimum atomic E-state index is -1.63. The Morgan fingerprint density at radius 2 is 1.34 bits per heavy atom. The van der Waals surface area contributed by atoms with Gasteiger partial charge in [0.1, 0.15) is 6.04 Å². The molecule has 18 nitrogen and oxygen atoms in total. The maximum Gasteiger partial charge on any atom is 0.337 e. The molecule has 1 aliphatic rings. The number of methoxy groups -OCH3 is 4. The van der Waals surface area contributed by atoms with Gasteiger partial charge < -0.3 is 69.9 Å². The Kier molecular flexibility index (Phi) is 37.6. The van der Waals surface area contributed by atoms with Gasteiger partial charge in [0.25, 0.3) is 0 Å². The summed E-state index contributed by atoms with van der Waals surface area (Å²) >= 11 is 0. The number of carbonyl (C=O) groups excluding carboxylic acids is 2. The van der Waals surface area contributed by atoms with Gasteiger partial charge >= 0.3 is 23.9 Å². The maximum absolute atomic E-state index is 10.8. The van der Waals surface area contributed by atoms with E-state index in [9.17, 15) is 19.2 Å². The Labute approximate surface area is 239 Å². The predicted octanol–water partition coefficient (Wildman–Crippen LogP) is -2.71. The van der Waals surface area contributed by atoms with Crippen LogP contribution in [0.3, 0.4) is 0 Å². The van der Waals surface area contributed by atoms with Gasteiger partial charge in [-0.05, 0) is 12.8 Å². The van der Waals surface area contributed by atoms with Crippen LogP contribution in [0, 0.1) is 0 Å². The molecule has 0 aromatic carbocycles. The van der Waals surface area contributed by atoms with E-state index < -0.39 is 62.1 Å². The highest BCUT2D eigenvalue weighted by molar-refractivity contribution is 5.75. The molecular formula is C23H49NO17. The quantitative estimate of drug-likeness (QED) is 0.0870. The van der Waals surface area contributed by atoms with Crippen molar-refractivity contribution >= 4 is 23.9 Å². The second-order valence-corrected chi connectivity index (χ2v) is 7.01. The molecule has 1 heterocycles. The Hall–Kier alpha value is -2.52. The van der Waals surface area contributed by atoms with Gasteiger partial charge in [0.15, 0.2) is 30.9 Å². The first-order valence-electron chi connectivity index (χ1n) is 11.6. The van der Waals surface area contributed by atoms with E-state index in [1.54, 1.807) is 14.2 Å². The molecule has 1 rings (SSSR count). The average molecular weight is 612 g/mol. The molecule has 18 heteroatoms. The summed E-state index contributed by atoms with van der Waals surface area (Å²) in [5.41, 5.74) is 4.77. The average Bonchev–Trinajstić information content (AvgIpc) is 3.46. The zero-order chi connectivity index (χ0) is 32.3. The van der Waals surface area contributed by atoms with E-state index in [2.05, 4.69) is 9.47 Å². The van der Waals surface area contributed by atoms with Crippen LogP contribution in [-0.4, -0.2) is 151 Å². The van der Waals surface area contributed by atoms with Crippen molar-refractivity contribution in [2.75, 3.05) is 54.9 Å². The number of esters is 2. The van der Waals surface area contributed by atoms with E-state index in [4.69, 9.17) is 60.4 Å². The molecule has 9 N–H and O–H groups in total. The van der Waals surface area contributed by atoms with Crippen molar-refractivity contribution < 1.29 is 83.3 Å². The Morgan fingerprint density at radius 3 is 1.49 bits per heavy atom. The van der Waals surface area contributed by atoms with Crippen molar-refractivity contribution in [3.8, 4) is 0 Å². The minimum absolute atomic E-state index is 0. The number of carboxylic acids is 2. The first-order valence-corrected chi connectivity index (χ1v) is 11.6. The van der Waals surface area contributed by atoms with Crippen molar-refractivity contribution in [2.24, 2.45) is 5.73 Å². The van der Waals surface area contributed by atoms with E-state index in [0.29, 0.717) is 6.61 Å². The van der Waals surface area contributed by atoms with Crippen LogP contribution in [0.2, 0.25) is 0 Å². The molecular weight excluding hydrogens is 562 g/mol. The second-order valence-electron chi connectivity index (χ2n) is 7.01. The number of rotatable bonds is 11. The Morgan fingerprint density at radius 1 is 0.854 bits per heavy atom. The highest BCUT2D eigenvalue weighted by Crippen LogP contribution is 2.14. The first kappa shape index (κ1) is 48.2. The minimum Gasteiger partial charge on any atom is -0.480 e. The third kappa shape index (κ3) is 28.8. The van der Waals surface area contributed by atoms with Crippen molar-refractivity contribution in [1.82, 2.24) is 0 Å². The number of aliphatic hydroxyl groups is 5. The van der Waals surface area contributed by atoms with Gasteiger partial charge in [0.2, 0.25) is 0 Å². The molecule has 1 saturated heterocycles. The number of carboxylic acid groups (broad SMARTS) is 2. The van der Waals surface area contributed by atoms with Gasteiger partial charge in [-0.2, -0.15) is 0 Å². The van der Waals surface area contributed by atoms with Gasteiger partial charge in [-0.1, -0.05) is 21.3 Å². The van der Waals surface area contributed by atoms with Crippen LogP contribution in [0.25, 0.3) is 0 Å². The van der Waals surface area contributed by atoms with Gasteiger partial charge in [0.05, 0.1) is 40.6 Å². The van der Waals surface area contributed by atoms with E-state index in [0.717, 1.165) is 20.0 Å². The molecule has 41 heavy (non-hydrogen) atoms. The van der Waals surface area contributed by atoms with E-state index in [1.807, 2.05) is 13.8 Å². The number of nitrogens with two attached hydrogens (primary N) is 1. The summed E-state index contributed by atoms with van der Waals surface area (Å²) < 4.78 is 28.5. The Balaban J connectivity index is -0.000000133. The summed E-state index contributed by atoms with van der Waals surface area (Å²) in [7, 11) is 5.75. The smallest absolute Gasteiger partial charge is 0.337 e. The SMILES string of the molecule is C.CCC(OC)OC.CCC1OC[C@H](C(=O)OC)O1.COC(=O)[C@H](O)CO.N[C@H](CO)C(=O)O.O=C(O)[C@H](O)CO. The van der Waals surface area contributed by atoms with Crippen LogP contribution in [0.1, 0.15) is 34.1 Å². The molecule has 248 valence electrons. The lowest BCUT2D eigenvalue weighted by molar-refractivity contribution is -0.154. The van der Waals surface area contributed by atoms with Crippen LogP contribution in [-0.2, 0) is 47.6 Å². The normalized spacial score (nSPS) is 17.0. The molecule has 0 spiro atoms. The lowest BCUT2D eigenvalue weighted by atomic mass is 10.3. The summed E-state index contributed by atoms with van der Waals surface area (Å²) in [5.74, 6) is -3.75. The fraction of sp³-hybridized carbons (Fsp3) is 0.826. The van der Waals surface area contributed by atoms with Crippen molar-refractivity contribution in [3.05, 3.63) is 0 Å². The zero-order valence-corrected chi connectivity index (χ0v) is 23.5. The van der Waals surface area contributed by atoms with E-state index in [1.165, 1.54) is 7.11 Å². The summed E-state index contributed by atoms with van der Waals surface area (Å²) in [5, 5.41) is 56.1. The third-order valence-corrected chi connectivity index (χ3v) is 4.02. The molecule has 1 unspecified atom stereocenters. The van der Waals surface area contributed by atoms with Crippen LogP contribution < -0.4 is 5.73 Å². The monoisotopic (exact) mass is 611 g/mol. The molecule has 0 saturated carbocycles. The fourth-order valence-electron chi connectivity index (χ4n) is 1.72. The van der Waals surface area contributed by atoms with Gasteiger partial charge in [-0.25, -0.2) is 14.4 Å². The molecule has 0 aliphatic carbocycles. The van der Waals surface area contributed by atoms with Gasteiger partial charge in [-0.15, -0.1) is 0 Å². The highest BCUT2D eigenvalue weighted by Gasteiger charge is 2.31. The number of aliphatic carboxylic acids is 2. The van der Waals surface area contributed by atoms with Gasteiger partial charge in [-0.3, -0.25) is 4.79 Å². The lowest BCUT2D eigenvalue weighted by Crippen LogP contribution is -2.33. The standard InChI is InChI=1S/C7H12O4.C5H12O2.C4H8O4.C3H7NO3.C3H6O4.CH4/c1-3-6-10-4-5(11-6)7(8)9-2;1-4-5(6-2)7-3;1-8-4(7)3(6)2-5;4-2(1-5)3(6)7;4-1-2(5)3(6)7;/h5-6H,3-4H2,1-2H3;5H,4H2,1-3H3;3,5-6H,2H2,1H3;2,5H,1,4H2,(H,6,7);2,4-5H,1H2,(H,6,7);1H4/t5-,6?;;3-;2*2-;/m1.111./s1. The summed E-state index contributed by atoms with van der Waals surface area (Å²) in [6.45, 7) is 2.44. The van der Waals surface area contributed by atoms with E-state index in [-0.39, 0.29) is 26.0 Å². The summed E-state index contributed by atoms with van der Waals surface area (Å²) in [4.78, 5) is 40.1. The molecule has 1 fully saturated rings. The topological polar surface area (TPSA) is 291 Å². The molecule has 1 aliphatic heterocycles.